The fourth-order valence-corrected chi connectivity index (χ4v) is 11.1. The molecule has 0 saturated heterocycles. The van der Waals surface area contributed by atoms with Gasteiger partial charge in [0, 0.05) is 0 Å². The van der Waals surface area contributed by atoms with E-state index < -0.39 is 61.7 Å². The summed E-state index contributed by atoms with van der Waals surface area (Å²) in [6.07, 6.45) is 0. The highest BCUT2D eigenvalue weighted by Crippen LogP contribution is 2.58. The molecule has 136 valence electrons. The number of nitrogens with zero attached hydrogens (tertiary/aromatic N) is 1. The zero-order chi connectivity index (χ0) is 18.2. The highest BCUT2D eigenvalue weighted by atomic mass is 32.4. The lowest BCUT2D eigenvalue weighted by molar-refractivity contribution is -0.0505. The Morgan fingerprint density at radius 2 is 0.909 bits per heavy atom. The van der Waals surface area contributed by atoms with Gasteiger partial charge in [-0.2, -0.15) is 36.6 Å². The van der Waals surface area contributed by atoms with Crippen LogP contribution in [0.15, 0.2) is 0 Å². The van der Waals surface area contributed by atoms with Crippen molar-refractivity contribution in [2.75, 3.05) is 17.3 Å². The number of alkyl halides is 6. The molecular weight excluding hydrogens is 384 g/mol. The minimum atomic E-state index is -6.71. The molecule has 0 rings (SSSR count). The van der Waals surface area contributed by atoms with E-state index >= 15 is 0 Å². The van der Waals surface area contributed by atoms with Crippen LogP contribution < -0.4 is 0 Å². The van der Waals surface area contributed by atoms with Crippen molar-refractivity contribution < 1.29 is 43.2 Å². The smallest absolute Gasteiger partial charge is 0.201 e. The predicted octanol–water partition coefficient (Wildman–Crippen LogP) is 2.77. The molecule has 0 N–H and O–H groups in total. The van der Waals surface area contributed by atoms with Crippen LogP contribution in [0, 0.1) is 0 Å². The van der Waals surface area contributed by atoms with Crippen LogP contribution in [0.2, 0.25) is 0 Å². The molecule has 0 bridgehead atoms. The Morgan fingerprint density at radius 3 is 1.05 bits per heavy atom. The zero-order valence-electron chi connectivity index (χ0n) is 11.7. The van der Waals surface area contributed by atoms with Crippen LogP contribution in [-0.2, 0) is 20.0 Å². The van der Waals surface area contributed by atoms with Gasteiger partial charge >= 0.3 is 31.1 Å². The summed E-state index contributed by atoms with van der Waals surface area (Å²) < 4.78 is 121. The summed E-state index contributed by atoms with van der Waals surface area (Å²) in [6.45, 7) is 3.44. The van der Waals surface area contributed by atoms with Crippen molar-refractivity contribution in [2.24, 2.45) is 0 Å². The van der Waals surface area contributed by atoms with Crippen molar-refractivity contribution >= 4 is 30.3 Å². The zero-order valence-corrected chi connectivity index (χ0v) is 14.1. The topological polar surface area (TPSA) is 71.5 Å². The van der Waals surface area contributed by atoms with Crippen molar-refractivity contribution in [3.8, 4) is 0 Å². The maximum atomic E-state index is 12.7. The highest BCUT2D eigenvalue weighted by molar-refractivity contribution is 8.41. The van der Waals surface area contributed by atoms with E-state index in [1.807, 2.05) is 0 Å². The molecule has 0 unspecified atom stereocenters. The summed E-state index contributed by atoms with van der Waals surface area (Å²) in [5.41, 5.74) is -12.3. The van der Waals surface area contributed by atoms with Crippen molar-refractivity contribution in [3.05, 3.63) is 0 Å². The Morgan fingerprint density at radius 1 is 0.682 bits per heavy atom. The molecule has 0 spiro atoms. The van der Waals surface area contributed by atoms with Gasteiger partial charge < -0.3 is 0 Å². The standard InChI is InChI=1S/C8H15F6NO4S3/c1-4-20(5-2,6-3)15(21(16,17)7(9,10)11)22(18,19)8(12,13)14/h4-6H2,1-3H3. The maximum absolute atomic E-state index is 12.7. The molecule has 0 aliphatic heterocycles. The van der Waals surface area contributed by atoms with E-state index in [0.717, 1.165) is 20.8 Å². The average Bonchev–Trinajstić information content (AvgIpc) is 2.32. The second kappa shape index (κ2) is 6.36. The molecule has 0 aromatic heterocycles. The van der Waals surface area contributed by atoms with Crippen molar-refractivity contribution in [3.63, 3.8) is 0 Å². The van der Waals surface area contributed by atoms with Gasteiger partial charge in [0.2, 0.25) is 0 Å². The van der Waals surface area contributed by atoms with E-state index in [0.29, 0.717) is 0 Å². The number of hydrogen-bond acceptors (Lipinski definition) is 4. The first-order valence-corrected chi connectivity index (χ1v) is 10.7. The normalized spacial score (nSPS) is 16.1. The summed E-state index contributed by atoms with van der Waals surface area (Å²) in [5.74, 6) is -1.40. The first-order valence-electron chi connectivity index (χ1n) is 5.74. The first-order chi connectivity index (χ1) is 9.55. The molecular formula is C8H15F6NO4S3. The molecule has 0 atom stereocenters. The molecule has 22 heavy (non-hydrogen) atoms. The molecule has 5 nitrogen and oxygen atoms in total. The third-order valence-corrected chi connectivity index (χ3v) is 13.0. The van der Waals surface area contributed by atoms with Crippen LogP contribution in [0.25, 0.3) is 0 Å². The Bertz CT molecular complexity index is 538. The van der Waals surface area contributed by atoms with Crippen LogP contribution in [0.4, 0.5) is 26.3 Å². The van der Waals surface area contributed by atoms with Crippen LogP contribution in [0.5, 0.6) is 0 Å². The lowest BCUT2D eigenvalue weighted by atomic mass is 10.9. The van der Waals surface area contributed by atoms with Gasteiger partial charge in [-0.05, 0) is 20.4 Å². The lowest BCUT2D eigenvalue weighted by Gasteiger charge is -2.44. The van der Waals surface area contributed by atoms with Crippen LogP contribution in [-0.4, -0.2) is 48.2 Å². The van der Waals surface area contributed by atoms with Crippen LogP contribution in [0.3, 0.4) is 0 Å². The SMILES string of the molecule is CCS(CC)(CC)N(S(=O)(=O)C(F)(F)F)S(=O)(=O)C(F)(F)F. The van der Waals surface area contributed by atoms with Crippen LogP contribution >= 0.6 is 10.2 Å². The van der Waals surface area contributed by atoms with E-state index in [1.54, 1.807) is 0 Å². The fraction of sp³-hybridized carbons (Fsp3) is 1.00. The molecule has 0 saturated carbocycles. The number of sulfonamides is 2. The minimum Gasteiger partial charge on any atom is -0.201 e. The molecule has 0 heterocycles. The summed E-state index contributed by atoms with van der Waals surface area (Å²) in [6, 6.07) is 0. The monoisotopic (exact) mass is 399 g/mol. The largest absolute Gasteiger partial charge is 0.513 e. The number of hydrogen-bond donors (Lipinski definition) is 0. The second-order valence-electron chi connectivity index (χ2n) is 3.93. The first kappa shape index (κ1) is 21.8. The molecule has 0 aromatic rings. The molecule has 0 radical (unpaired) electrons. The van der Waals surface area contributed by atoms with Crippen molar-refractivity contribution in [2.45, 2.75) is 31.8 Å². The van der Waals surface area contributed by atoms with E-state index in [9.17, 15) is 43.2 Å². The third kappa shape index (κ3) is 3.48. The molecule has 0 aromatic carbocycles. The van der Waals surface area contributed by atoms with Gasteiger partial charge in [-0.15, -0.1) is 0 Å². The molecule has 14 heteroatoms. The van der Waals surface area contributed by atoms with Gasteiger partial charge in [-0.3, -0.25) is 0 Å². The Labute approximate surface area is 126 Å². The fourth-order valence-electron chi connectivity index (χ4n) is 1.64. The van der Waals surface area contributed by atoms with E-state index in [1.165, 1.54) is 0 Å². The Kier molecular flexibility index (Phi) is 6.30. The van der Waals surface area contributed by atoms with E-state index in [2.05, 4.69) is 0 Å². The number of rotatable bonds is 6. The Balaban J connectivity index is 6.80. The summed E-state index contributed by atoms with van der Waals surface area (Å²) >= 11 is 0. The number of halogens is 6. The summed E-state index contributed by atoms with van der Waals surface area (Å²) in [5, 5.41) is 0. The third-order valence-electron chi connectivity index (χ3n) is 2.91. The van der Waals surface area contributed by atoms with Gasteiger partial charge in [-0.1, -0.05) is 20.8 Å². The van der Waals surface area contributed by atoms with Crippen LogP contribution in [0.1, 0.15) is 20.8 Å². The lowest BCUT2D eigenvalue weighted by Crippen LogP contribution is -2.51. The van der Waals surface area contributed by atoms with Gasteiger partial charge in [0.1, 0.15) is 0 Å². The summed E-state index contributed by atoms with van der Waals surface area (Å²) in [7, 11) is -16.8. The quantitative estimate of drug-likeness (QED) is 0.644. The maximum Gasteiger partial charge on any atom is 0.513 e. The van der Waals surface area contributed by atoms with Gasteiger partial charge in [0.15, 0.2) is 0 Å². The average molecular weight is 399 g/mol. The molecule has 0 fully saturated rings. The molecule has 0 amide bonds. The van der Waals surface area contributed by atoms with Crippen molar-refractivity contribution in [1.82, 2.24) is 3.12 Å². The molecule has 0 aliphatic rings. The van der Waals surface area contributed by atoms with Crippen molar-refractivity contribution in [1.29, 1.82) is 0 Å². The van der Waals surface area contributed by atoms with Gasteiger partial charge in [0.25, 0.3) is 0 Å². The van der Waals surface area contributed by atoms with Gasteiger partial charge in [0.05, 0.1) is 0 Å². The van der Waals surface area contributed by atoms with E-state index in [-0.39, 0.29) is 0 Å². The Hall–Kier alpha value is -0.210. The highest BCUT2D eigenvalue weighted by Gasteiger charge is 2.65. The molecule has 0 aliphatic carbocycles. The van der Waals surface area contributed by atoms with E-state index in [4.69, 9.17) is 0 Å². The predicted molar refractivity (Wildman–Crippen MR) is 71.0 cm³/mol. The van der Waals surface area contributed by atoms with Gasteiger partial charge in [-0.25, -0.2) is 16.8 Å². The second-order valence-corrected chi connectivity index (χ2v) is 12.3. The summed E-state index contributed by atoms with van der Waals surface area (Å²) in [4.78, 5) is 0. The minimum absolute atomic E-state index is 0.468.